The van der Waals surface area contributed by atoms with Crippen molar-refractivity contribution in [3.63, 3.8) is 0 Å². The molecule has 0 spiro atoms. The molecule has 0 aromatic heterocycles. The van der Waals surface area contributed by atoms with Gasteiger partial charge in [0.2, 0.25) is 14.9 Å². The smallest absolute Gasteiger partial charge is 0.366 e. The van der Waals surface area contributed by atoms with Gasteiger partial charge in [-0.15, -0.1) is 0 Å². The summed E-state index contributed by atoms with van der Waals surface area (Å²) in [4.78, 5) is 14.2. The number of hydrogen-bond donors (Lipinski definition) is 2. The van der Waals surface area contributed by atoms with E-state index in [1.54, 1.807) is 0 Å². The zero-order chi connectivity index (χ0) is 11.8. The van der Waals surface area contributed by atoms with Crippen LogP contribution in [0.2, 0.25) is 0 Å². The predicted molar refractivity (Wildman–Crippen MR) is 57.7 cm³/mol. The van der Waals surface area contributed by atoms with Crippen LogP contribution < -0.4 is 5.32 Å². The molecule has 2 rings (SSSR count). The zero-order valence-corrected chi connectivity index (χ0v) is 9.33. The summed E-state index contributed by atoms with van der Waals surface area (Å²) in [5.41, 5.74) is 0.268. The molecule has 0 saturated heterocycles. The molecule has 0 bridgehead atoms. The number of carboxylic acids is 1. The highest BCUT2D eigenvalue weighted by Gasteiger charge is 2.31. The van der Waals surface area contributed by atoms with Crippen LogP contribution >= 0.6 is 0 Å². The van der Waals surface area contributed by atoms with Crippen molar-refractivity contribution >= 4 is 20.9 Å². The monoisotopic (exact) mass is 244 g/mol. The second kappa shape index (κ2) is 3.99. The lowest BCUT2D eigenvalue weighted by Gasteiger charge is -2.26. The zero-order valence-electron chi connectivity index (χ0n) is 8.51. The minimum absolute atomic E-state index is 0.268. The van der Waals surface area contributed by atoms with Crippen molar-refractivity contribution in [1.82, 2.24) is 5.32 Å². The Balaban J connectivity index is 2.03. The van der Waals surface area contributed by atoms with Crippen molar-refractivity contribution in [2.45, 2.75) is 25.3 Å². The van der Waals surface area contributed by atoms with E-state index in [1.165, 1.54) is 6.42 Å². The molecule has 16 heavy (non-hydrogen) atoms. The molecule has 0 amide bonds. The number of carbonyl (C=O) groups is 1. The minimum atomic E-state index is -3.82. The summed E-state index contributed by atoms with van der Waals surface area (Å²) in [6.45, 7) is 0.306. The van der Waals surface area contributed by atoms with E-state index < -0.39 is 20.9 Å². The van der Waals surface area contributed by atoms with Crippen LogP contribution in [0.15, 0.2) is 16.1 Å². The summed E-state index contributed by atoms with van der Waals surface area (Å²) >= 11 is 0. The molecule has 1 aliphatic carbocycles. The van der Waals surface area contributed by atoms with Crippen LogP contribution in [0.3, 0.4) is 0 Å². The highest BCUT2D eigenvalue weighted by molar-refractivity contribution is 8.11. The number of carboxylic acid groups (broad SMARTS) is 1. The van der Waals surface area contributed by atoms with E-state index in [9.17, 15) is 13.2 Å². The molecule has 7 heteroatoms. The molecule has 1 fully saturated rings. The largest absolute Gasteiger partial charge is 0.476 e. The van der Waals surface area contributed by atoms with Gasteiger partial charge in [0.1, 0.15) is 0 Å². The molecule has 0 aromatic rings. The van der Waals surface area contributed by atoms with Crippen molar-refractivity contribution in [2.75, 3.05) is 6.54 Å². The van der Waals surface area contributed by atoms with Crippen molar-refractivity contribution in [1.29, 1.82) is 0 Å². The average molecular weight is 244 g/mol. The third-order valence-electron chi connectivity index (χ3n) is 2.67. The second-order valence-electron chi connectivity index (χ2n) is 3.89. The molecule has 0 unspecified atom stereocenters. The number of sulfone groups is 1. The van der Waals surface area contributed by atoms with E-state index in [0.29, 0.717) is 12.6 Å². The maximum Gasteiger partial charge on any atom is 0.366 e. The standard InChI is InChI=1S/C9H12N2O4S/c12-9(13)8-11-7(5-16(8,14)15)4-10-6-2-1-3-6/h5-6,10H,1-4H2,(H,12,13). The van der Waals surface area contributed by atoms with Crippen LogP contribution in [0, 0.1) is 0 Å². The first kappa shape index (κ1) is 11.3. The second-order valence-corrected chi connectivity index (χ2v) is 5.60. The van der Waals surface area contributed by atoms with Gasteiger partial charge in [0.25, 0.3) is 0 Å². The summed E-state index contributed by atoms with van der Waals surface area (Å²) in [5.74, 6) is -1.50. The van der Waals surface area contributed by atoms with Crippen LogP contribution in [0.1, 0.15) is 19.3 Å². The Kier molecular flexibility index (Phi) is 2.81. The summed E-state index contributed by atoms with van der Waals surface area (Å²) in [5, 5.41) is 11.9. The van der Waals surface area contributed by atoms with E-state index in [0.717, 1.165) is 18.2 Å². The lowest BCUT2D eigenvalue weighted by Crippen LogP contribution is -2.35. The Labute approximate surface area is 93.0 Å². The Bertz CT molecular complexity index is 474. The van der Waals surface area contributed by atoms with Crippen LogP contribution in [0.25, 0.3) is 0 Å². The topological polar surface area (TPSA) is 95.8 Å². The summed E-state index contributed by atoms with van der Waals surface area (Å²) < 4.78 is 22.7. The molecule has 88 valence electrons. The predicted octanol–water partition coefficient (Wildman–Crippen LogP) is -0.119. The highest BCUT2D eigenvalue weighted by Crippen LogP contribution is 2.19. The van der Waals surface area contributed by atoms with E-state index in [1.807, 2.05) is 0 Å². The molecule has 6 nitrogen and oxygen atoms in total. The van der Waals surface area contributed by atoms with Gasteiger partial charge < -0.3 is 10.4 Å². The SMILES string of the molecule is O=C(O)C1=NC(CNC2CCC2)=CS1(=O)=O. The van der Waals surface area contributed by atoms with Gasteiger partial charge in [0.05, 0.1) is 11.1 Å². The molecular weight excluding hydrogens is 232 g/mol. The van der Waals surface area contributed by atoms with E-state index in [-0.39, 0.29) is 5.70 Å². The molecule has 0 radical (unpaired) electrons. The number of rotatable bonds is 4. The molecule has 2 aliphatic rings. The van der Waals surface area contributed by atoms with E-state index >= 15 is 0 Å². The molecule has 1 saturated carbocycles. The van der Waals surface area contributed by atoms with Gasteiger partial charge in [-0.05, 0) is 12.8 Å². The lowest BCUT2D eigenvalue weighted by molar-refractivity contribution is -0.129. The quantitative estimate of drug-likeness (QED) is 0.718. The number of aliphatic carboxylic acids is 1. The highest BCUT2D eigenvalue weighted by atomic mass is 32.2. The number of aliphatic imine (C=N–C) groups is 1. The van der Waals surface area contributed by atoms with Crippen LogP contribution in [0.4, 0.5) is 0 Å². The third-order valence-corrected chi connectivity index (χ3v) is 4.05. The number of nitrogens with one attached hydrogen (secondary N) is 1. The molecule has 2 N–H and O–H groups in total. The normalized spacial score (nSPS) is 23.5. The maximum atomic E-state index is 11.3. The minimum Gasteiger partial charge on any atom is -0.476 e. The number of nitrogens with zero attached hydrogens (tertiary/aromatic N) is 1. The van der Waals surface area contributed by atoms with Crippen molar-refractivity contribution in [3.05, 3.63) is 11.1 Å². The fourth-order valence-electron chi connectivity index (χ4n) is 1.57. The third kappa shape index (κ3) is 2.14. The van der Waals surface area contributed by atoms with E-state index in [4.69, 9.17) is 5.11 Å². The first-order valence-electron chi connectivity index (χ1n) is 5.00. The first-order chi connectivity index (χ1) is 7.49. The molecule has 0 aromatic carbocycles. The summed E-state index contributed by atoms with van der Waals surface area (Å²) in [6.07, 6.45) is 3.34. The lowest BCUT2D eigenvalue weighted by atomic mass is 9.93. The van der Waals surface area contributed by atoms with Gasteiger partial charge in [-0.3, -0.25) is 0 Å². The van der Waals surface area contributed by atoms with Crippen molar-refractivity contribution in [3.8, 4) is 0 Å². The molecule has 1 heterocycles. The first-order valence-corrected chi connectivity index (χ1v) is 6.55. The Hall–Kier alpha value is -1.21. The van der Waals surface area contributed by atoms with Gasteiger partial charge in [0.15, 0.2) is 0 Å². The van der Waals surface area contributed by atoms with Crippen molar-refractivity contribution in [2.24, 2.45) is 4.99 Å². The van der Waals surface area contributed by atoms with Crippen LogP contribution in [-0.4, -0.2) is 37.1 Å². The fourth-order valence-corrected chi connectivity index (χ4v) is 2.66. The van der Waals surface area contributed by atoms with Crippen molar-refractivity contribution < 1.29 is 18.3 Å². The molecular formula is C9H12N2O4S. The van der Waals surface area contributed by atoms with Crippen LogP contribution in [0.5, 0.6) is 0 Å². The van der Waals surface area contributed by atoms with Gasteiger partial charge in [0, 0.05) is 12.6 Å². The fraction of sp³-hybridized carbons (Fsp3) is 0.556. The molecule has 1 aliphatic heterocycles. The average Bonchev–Trinajstić information content (AvgIpc) is 2.38. The van der Waals surface area contributed by atoms with E-state index in [2.05, 4.69) is 10.3 Å². The van der Waals surface area contributed by atoms with Gasteiger partial charge in [-0.1, -0.05) is 6.42 Å². The van der Waals surface area contributed by atoms with Crippen LogP contribution in [-0.2, 0) is 14.6 Å². The van der Waals surface area contributed by atoms with Gasteiger partial charge in [-0.25, -0.2) is 18.2 Å². The Morgan fingerprint density at radius 2 is 2.25 bits per heavy atom. The van der Waals surface area contributed by atoms with Gasteiger partial charge >= 0.3 is 5.97 Å². The maximum absolute atomic E-state index is 11.3. The van der Waals surface area contributed by atoms with Gasteiger partial charge in [-0.2, -0.15) is 0 Å². The Morgan fingerprint density at radius 1 is 1.56 bits per heavy atom. The summed E-state index contributed by atoms with van der Waals surface area (Å²) in [7, 11) is -3.82. The molecule has 0 atom stereocenters. The number of hydrogen-bond acceptors (Lipinski definition) is 5. The Morgan fingerprint density at radius 3 is 2.69 bits per heavy atom. The summed E-state index contributed by atoms with van der Waals surface area (Å²) in [6, 6.07) is 0.410.